The minimum Gasteiger partial charge on any atom is -0.392 e. The smallest absolute Gasteiger partial charge is 0.251 e. The maximum absolute atomic E-state index is 11.8. The van der Waals surface area contributed by atoms with Crippen molar-refractivity contribution in [1.82, 2.24) is 5.32 Å². The zero-order chi connectivity index (χ0) is 12.0. The molecule has 0 saturated carbocycles. The zero-order valence-electron chi connectivity index (χ0n) is 9.27. The molecule has 1 rings (SSSR count). The molecule has 4 heteroatoms. The van der Waals surface area contributed by atoms with E-state index in [0.29, 0.717) is 10.6 Å². The monoisotopic (exact) mass is 236 g/mol. The van der Waals surface area contributed by atoms with Crippen LogP contribution in [0.3, 0.4) is 0 Å². The van der Waals surface area contributed by atoms with Gasteiger partial charge in [-0.25, -0.2) is 0 Å². The topological polar surface area (TPSA) is 55.1 Å². The molecule has 16 heavy (non-hydrogen) atoms. The van der Waals surface area contributed by atoms with Gasteiger partial charge in [-0.3, -0.25) is 4.79 Å². The van der Waals surface area contributed by atoms with Crippen molar-refractivity contribution in [3.8, 4) is 0 Å². The Kier molecular flexibility index (Phi) is 4.92. The standard InChI is InChI=1S/C12H16N2OS/c1-2-6-10(11(13)16)14-12(15)9-7-4-3-5-8-9/h3-5,7-8,10H,2,6H2,1H3,(H2,13,16)(H,14,15)/t10-/m0/s1. The molecule has 0 aliphatic carbocycles. The van der Waals surface area contributed by atoms with E-state index in [-0.39, 0.29) is 11.9 Å². The van der Waals surface area contributed by atoms with Crippen LogP contribution in [0.2, 0.25) is 0 Å². The molecule has 1 amide bonds. The zero-order valence-corrected chi connectivity index (χ0v) is 10.1. The highest BCUT2D eigenvalue weighted by molar-refractivity contribution is 7.80. The van der Waals surface area contributed by atoms with Crippen molar-refractivity contribution in [3.05, 3.63) is 35.9 Å². The number of amides is 1. The highest BCUT2D eigenvalue weighted by atomic mass is 32.1. The molecule has 3 N–H and O–H groups in total. The summed E-state index contributed by atoms with van der Waals surface area (Å²) in [5.74, 6) is -0.133. The van der Waals surface area contributed by atoms with Crippen LogP contribution in [0.15, 0.2) is 30.3 Å². The second-order valence-electron chi connectivity index (χ2n) is 3.58. The maximum atomic E-state index is 11.8. The second kappa shape index (κ2) is 6.23. The van der Waals surface area contributed by atoms with Gasteiger partial charge in [0.25, 0.3) is 5.91 Å². The van der Waals surface area contributed by atoms with Crippen LogP contribution in [0, 0.1) is 0 Å². The van der Waals surface area contributed by atoms with Gasteiger partial charge in [-0.05, 0) is 18.6 Å². The molecule has 0 aromatic heterocycles. The van der Waals surface area contributed by atoms with Crippen LogP contribution in [0.4, 0.5) is 0 Å². The number of benzene rings is 1. The number of nitrogens with one attached hydrogen (secondary N) is 1. The van der Waals surface area contributed by atoms with Crippen molar-refractivity contribution in [3.63, 3.8) is 0 Å². The normalized spacial score (nSPS) is 11.8. The number of thiocarbonyl (C=S) groups is 1. The van der Waals surface area contributed by atoms with Gasteiger partial charge < -0.3 is 11.1 Å². The fraction of sp³-hybridized carbons (Fsp3) is 0.333. The largest absolute Gasteiger partial charge is 0.392 e. The van der Waals surface area contributed by atoms with E-state index in [9.17, 15) is 4.79 Å². The third-order valence-electron chi connectivity index (χ3n) is 2.26. The number of carbonyl (C=O) groups is 1. The fourth-order valence-corrected chi connectivity index (χ4v) is 1.58. The summed E-state index contributed by atoms with van der Waals surface area (Å²) in [6.45, 7) is 2.03. The summed E-state index contributed by atoms with van der Waals surface area (Å²) >= 11 is 4.91. The van der Waals surface area contributed by atoms with E-state index in [0.717, 1.165) is 12.8 Å². The SMILES string of the molecule is CCC[C@H](NC(=O)c1ccccc1)C(N)=S. The fourth-order valence-electron chi connectivity index (χ4n) is 1.41. The molecule has 0 heterocycles. The molecule has 3 nitrogen and oxygen atoms in total. The Morgan fingerprint density at radius 1 is 1.44 bits per heavy atom. The van der Waals surface area contributed by atoms with Crippen LogP contribution in [-0.2, 0) is 0 Å². The van der Waals surface area contributed by atoms with Crippen molar-refractivity contribution < 1.29 is 4.79 Å². The summed E-state index contributed by atoms with van der Waals surface area (Å²) in [6, 6.07) is 8.83. The van der Waals surface area contributed by atoms with Crippen LogP contribution in [0.1, 0.15) is 30.1 Å². The Bertz CT molecular complexity index is 365. The van der Waals surface area contributed by atoms with Gasteiger partial charge in [0.15, 0.2) is 0 Å². The van der Waals surface area contributed by atoms with Gasteiger partial charge in [-0.1, -0.05) is 43.8 Å². The van der Waals surface area contributed by atoms with E-state index in [1.807, 2.05) is 25.1 Å². The molecule has 1 aromatic rings. The Balaban J connectivity index is 2.65. The van der Waals surface area contributed by atoms with Crippen LogP contribution in [0.5, 0.6) is 0 Å². The lowest BCUT2D eigenvalue weighted by Gasteiger charge is -2.16. The average Bonchev–Trinajstić information content (AvgIpc) is 2.29. The minimum absolute atomic E-state index is 0.133. The van der Waals surface area contributed by atoms with E-state index in [2.05, 4.69) is 5.32 Å². The van der Waals surface area contributed by atoms with Crippen LogP contribution < -0.4 is 11.1 Å². The Hall–Kier alpha value is -1.42. The van der Waals surface area contributed by atoms with Crippen molar-refractivity contribution in [2.24, 2.45) is 5.73 Å². The van der Waals surface area contributed by atoms with Gasteiger partial charge in [0.05, 0.1) is 11.0 Å². The van der Waals surface area contributed by atoms with Gasteiger partial charge >= 0.3 is 0 Å². The van der Waals surface area contributed by atoms with E-state index < -0.39 is 0 Å². The lowest BCUT2D eigenvalue weighted by molar-refractivity contribution is 0.0945. The maximum Gasteiger partial charge on any atom is 0.251 e. The average molecular weight is 236 g/mol. The van der Waals surface area contributed by atoms with Crippen LogP contribution >= 0.6 is 12.2 Å². The molecule has 86 valence electrons. The third kappa shape index (κ3) is 3.62. The summed E-state index contributed by atoms with van der Waals surface area (Å²) in [5.41, 5.74) is 6.19. The Morgan fingerprint density at radius 2 is 2.06 bits per heavy atom. The number of carbonyl (C=O) groups excluding carboxylic acids is 1. The van der Waals surface area contributed by atoms with E-state index in [1.54, 1.807) is 12.1 Å². The van der Waals surface area contributed by atoms with E-state index in [1.165, 1.54) is 0 Å². The highest BCUT2D eigenvalue weighted by Crippen LogP contribution is 2.02. The van der Waals surface area contributed by atoms with Crippen molar-refractivity contribution in [2.75, 3.05) is 0 Å². The molecule has 1 atom stereocenters. The minimum atomic E-state index is -0.215. The Labute approximate surface area is 101 Å². The molecular formula is C12H16N2OS. The first-order valence-electron chi connectivity index (χ1n) is 5.30. The quantitative estimate of drug-likeness (QED) is 0.767. The predicted octanol–water partition coefficient (Wildman–Crippen LogP) is 1.87. The second-order valence-corrected chi connectivity index (χ2v) is 4.05. The van der Waals surface area contributed by atoms with Gasteiger partial charge in [0, 0.05) is 5.56 Å². The first-order chi connectivity index (χ1) is 7.65. The number of nitrogens with two attached hydrogens (primary N) is 1. The molecule has 0 fully saturated rings. The molecular weight excluding hydrogens is 220 g/mol. The summed E-state index contributed by atoms with van der Waals surface area (Å²) < 4.78 is 0. The van der Waals surface area contributed by atoms with Crippen molar-refractivity contribution in [1.29, 1.82) is 0 Å². The first kappa shape index (κ1) is 12.6. The predicted molar refractivity (Wildman–Crippen MR) is 69.4 cm³/mol. The lowest BCUT2D eigenvalue weighted by atomic mass is 10.1. The number of rotatable bonds is 5. The molecule has 0 aliphatic rings. The van der Waals surface area contributed by atoms with Gasteiger partial charge in [-0.2, -0.15) is 0 Å². The molecule has 0 bridgehead atoms. The summed E-state index contributed by atoms with van der Waals surface area (Å²) in [6.07, 6.45) is 1.70. The molecule has 0 radical (unpaired) electrons. The van der Waals surface area contributed by atoms with E-state index >= 15 is 0 Å². The number of hydrogen-bond donors (Lipinski definition) is 2. The van der Waals surface area contributed by atoms with E-state index in [4.69, 9.17) is 18.0 Å². The summed E-state index contributed by atoms with van der Waals surface area (Å²) in [4.78, 5) is 12.1. The molecule has 1 aromatic carbocycles. The molecule has 0 saturated heterocycles. The molecule has 0 aliphatic heterocycles. The first-order valence-corrected chi connectivity index (χ1v) is 5.71. The summed E-state index contributed by atoms with van der Waals surface area (Å²) in [5, 5.41) is 2.83. The van der Waals surface area contributed by atoms with Crippen LogP contribution in [0.25, 0.3) is 0 Å². The summed E-state index contributed by atoms with van der Waals surface area (Å²) in [7, 11) is 0. The third-order valence-corrected chi connectivity index (χ3v) is 2.55. The number of hydrogen-bond acceptors (Lipinski definition) is 2. The molecule has 0 unspecified atom stereocenters. The lowest BCUT2D eigenvalue weighted by Crippen LogP contribution is -2.43. The van der Waals surface area contributed by atoms with Crippen LogP contribution in [-0.4, -0.2) is 16.9 Å². The van der Waals surface area contributed by atoms with Crippen molar-refractivity contribution >= 4 is 23.1 Å². The highest BCUT2D eigenvalue weighted by Gasteiger charge is 2.14. The van der Waals surface area contributed by atoms with Gasteiger partial charge in [0.2, 0.25) is 0 Å². The van der Waals surface area contributed by atoms with Gasteiger partial charge in [0.1, 0.15) is 0 Å². The van der Waals surface area contributed by atoms with Gasteiger partial charge in [-0.15, -0.1) is 0 Å². The Morgan fingerprint density at radius 3 is 2.56 bits per heavy atom. The molecule has 0 spiro atoms. The van der Waals surface area contributed by atoms with Crippen molar-refractivity contribution in [2.45, 2.75) is 25.8 Å².